The number of rotatable bonds is 3. The Balaban J connectivity index is 1.78. The number of esters is 1. The predicted octanol–water partition coefficient (Wildman–Crippen LogP) is 2.12. The average molecular weight is 253 g/mol. The fraction of sp³-hybridized carbons (Fsp3) is 0.857. The van der Waals surface area contributed by atoms with E-state index in [1.165, 1.54) is 25.7 Å². The smallest absolute Gasteiger partial charge is 0.315 e. The minimum atomic E-state index is -0.399. The highest BCUT2D eigenvalue weighted by Crippen LogP contribution is 2.46. The summed E-state index contributed by atoms with van der Waals surface area (Å²) >= 11 is 0. The molecule has 0 aromatic rings. The number of piperidine rings is 1. The van der Waals surface area contributed by atoms with Crippen LogP contribution in [0, 0.1) is 5.41 Å². The Bertz CT molecular complexity index is 311. The number of likely N-dealkylation sites (tertiary alicyclic amines) is 1. The molecule has 4 heteroatoms. The molecule has 1 amide bonds. The van der Waals surface area contributed by atoms with Gasteiger partial charge in [0.15, 0.2) is 0 Å². The molecule has 2 aliphatic rings. The van der Waals surface area contributed by atoms with Crippen molar-refractivity contribution >= 4 is 11.9 Å². The van der Waals surface area contributed by atoms with E-state index in [-0.39, 0.29) is 12.3 Å². The zero-order valence-corrected chi connectivity index (χ0v) is 11.2. The lowest BCUT2D eigenvalue weighted by atomic mass is 9.77. The Morgan fingerprint density at radius 3 is 2.28 bits per heavy atom. The van der Waals surface area contributed by atoms with Gasteiger partial charge in [0.05, 0.1) is 6.61 Å². The predicted molar refractivity (Wildman–Crippen MR) is 68.0 cm³/mol. The molecule has 1 aliphatic carbocycles. The summed E-state index contributed by atoms with van der Waals surface area (Å²) < 4.78 is 4.81. The van der Waals surface area contributed by atoms with Gasteiger partial charge in [0.25, 0.3) is 0 Å². The molecule has 18 heavy (non-hydrogen) atoms. The zero-order valence-electron chi connectivity index (χ0n) is 11.2. The minimum Gasteiger partial charge on any atom is -0.466 e. The van der Waals surface area contributed by atoms with E-state index < -0.39 is 5.97 Å². The molecule has 1 spiro atoms. The van der Waals surface area contributed by atoms with Crippen LogP contribution in [0.4, 0.5) is 0 Å². The van der Waals surface area contributed by atoms with Crippen LogP contribution in [0.3, 0.4) is 0 Å². The molecule has 0 bridgehead atoms. The molecule has 0 aromatic heterocycles. The third-order valence-electron chi connectivity index (χ3n) is 4.44. The van der Waals surface area contributed by atoms with Crippen LogP contribution in [0.1, 0.15) is 51.9 Å². The van der Waals surface area contributed by atoms with Gasteiger partial charge in [0, 0.05) is 13.1 Å². The lowest BCUT2D eigenvalue weighted by molar-refractivity contribution is -0.149. The molecule has 1 aliphatic heterocycles. The van der Waals surface area contributed by atoms with Gasteiger partial charge < -0.3 is 9.64 Å². The quantitative estimate of drug-likeness (QED) is 0.572. The SMILES string of the molecule is CCOC(=O)CC(=O)N1CCC2(CCCC2)CC1. The normalized spacial score (nSPS) is 22.2. The first kappa shape index (κ1) is 13.4. The molecule has 2 fully saturated rings. The van der Waals surface area contributed by atoms with E-state index in [2.05, 4.69) is 0 Å². The van der Waals surface area contributed by atoms with Crippen LogP contribution in [0.5, 0.6) is 0 Å². The van der Waals surface area contributed by atoms with Crippen molar-refractivity contribution in [2.24, 2.45) is 5.41 Å². The molecule has 102 valence electrons. The molecule has 0 N–H and O–H groups in total. The molecule has 2 rings (SSSR count). The van der Waals surface area contributed by atoms with Crippen LogP contribution in [-0.4, -0.2) is 36.5 Å². The first-order chi connectivity index (χ1) is 8.65. The maximum absolute atomic E-state index is 11.9. The Labute approximate surface area is 109 Å². The van der Waals surface area contributed by atoms with E-state index in [1.54, 1.807) is 6.92 Å². The van der Waals surface area contributed by atoms with Gasteiger partial charge in [-0.3, -0.25) is 9.59 Å². The Morgan fingerprint density at radius 1 is 1.11 bits per heavy atom. The van der Waals surface area contributed by atoms with Crippen LogP contribution in [-0.2, 0) is 14.3 Å². The van der Waals surface area contributed by atoms with Crippen LogP contribution in [0.2, 0.25) is 0 Å². The molecular formula is C14H23NO3. The zero-order chi connectivity index (χ0) is 13.0. The number of carbonyl (C=O) groups is 2. The average Bonchev–Trinajstić information content (AvgIpc) is 2.78. The standard InChI is InChI=1S/C14H23NO3/c1-2-18-13(17)11-12(16)15-9-7-14(8-10-15)5-3-4-6-14/h2-11H2,1H3. The molecule has 0 aromatic carbocycles. The van der Waals surface area contributed by atoms with E-state index in [4.69, 9.17) is 4.74 Å². The number of nitrogens with zero attached hydrogens (tertiary/aromatic N) is 1. The van der Waals surface area contributed by atoms with E-state index in [0.717, 1.165) is 25.9 Å². The van der Waals surface area contributed by atoms with Gasteiger partial charge in [-0.15, -0.1) is 0 Å². The Kier molecular flexibility index (Phi) is 4.25. The number of hydrogen-bond acceptors (Lipinski definition) is 3. The summed E-state index contributed by atoms with van der Waals surface area (Å²) in [6.45, 7) is 3.73. The van der Waals surface area contributed by atoms with Crippen molar-refractivity contribution in [2.75, 3.05) is 19.7 Å². The van der Waals surface area contributed by atoms with E-state index in [0.29, 0.717) is 12.0 Å². The highest BCUT2D eigenvalue weighted by Gasteiger charge is 2.38. The summed E-state index contributed by atoms with van der Waals surface area (Å²) in [6.07, 6.45) is 7.47. The molecule has 1 heterocycles. The monoisotopic (exact) mass is 253 g/mol. The van der Waals surface area contributed by atoms with Crippen LogP contribution in [0.25, 0.3) is 0 Å². The van der Waals surface area contributed by atoms with Crippen molar-refractivity contribution in [3.8, 4) is 0 Å². The fourth-order valence-electron chi connectivity index (χ4n) is 3.30. The third-order valence-corrected chi connectivity index (χ3v) is 4.44. The molecule has 4 nitrogen and oxygen atoms in total. The van der Waals surface area contributed by atoms with E-state index in [9.17, 15) is 9.59 Å². The number of hydrogen-bond donors (Lipinski definition) is 0. The Hall–Kier alpha value is -1.06. The molecule has 1 saturated carbocycles. The second kappa shape index (κ2) is 5.72. The number of amides is 1. The fourth-order valence-corrected chi connectivity index (χ4v) is 3.30. The molecule has 0 radical (unpaired) electrons. The van der Waals surface area contributed by atoms with Crippen LogP contribution in [0.15, 0.2) is 0 Å². The summed E-state index contributed by atoms with van der Waals surface area (Å²) in [5, 5.41) is 0. The van der Waals surface area contributed by atoms with Gasteiger partial charge in [-0.05, 0) is 38.0 Å². The topological polar surface area (TPSA) is 46.6 Å². The molecular weight excluding hydrogens is 230 g/mol. The van der Waals surface area contributed by atoms with Gasteiger partial charge in [-0.2, -0.15) is 0 Å². The van der Waals surface area contributed by atoms with Gasteiger partial charge in [-0.25, -0.2) is 0 Å². The van der Waals surface area contributed by atoms with Crippen LogP contribution >= 0.6 is 0 Å². The van der Waals surface area contributed by atoms with Crippen molar-refractivity contribution in [2.45, 2.75) is 51.9 Å². The van der Waals surface area contributed by atoms with Gasteiger partial charge in [0.1, 0.15) is 6.42 Å². The molecule has 0 atom stereocenters. The van der Waals surface area contributed by atoms with Crippen molar-refractivity contribution in [1.82, 2.24) is 4.90 Å². The second-order valence-electron chi connectivity index (χ2n) is 5.57. The summed E-state index contributed by atoms with van der Waals surface area (Å²) in [7, 11) is 0. The maximum atomic E-state index is 11.9. The number of ether oxygens (including phenoxy) is 1. The van der Waals surface area contributed by atoms with Gasteiger partial charge in [-0.1, -0.05) is 12.8 Å². The van der Waals surface area contributed by atoms with E-state index >= 15 is 0 Å². The highest BCUT2D eigenvalue weighted by molar-refractivity contribution is 5.94. The lowest BCUT2D eigenvalue weighted by Crippen LogP contribution is -2.42. The van der Waals surface area contributed by atoms with Crippen molar-refractivity contribution < 1.29 is 14.3 Å². The Morgan fingerprint density at radius 2 is 1.72 bits per heavy atom. The summed E-state index contributed by atoms with van der Waals surface area (Å²) in [5.74, 6) is -0.468. The van der Waals surface area contributed by atoms with Crippen molar-refractivity contribution in [3.05, 3.63) is 0 Å². The second-order valence-corrected chi connectivity index (χ2v) is 5.57. The van der Waals surface area contributed by atoms with E-state index in [1.807, 2.05) is 4.90 Å². The third kappa shape index (κ3) is 3.03. The summed E-state index contributed by atoms with van der Waals surface area (Å²) in [6, 6.07) is 0. The summed E-state index contributed by atoms with van der Waals surface area (Å²) in [4.78, 5) is 25.0. The van der Waals surface area contributed by atoms with Crippen molar-refractivity contribution in [3.63, 3.8) is 0 Å². The first-order valence-electron chi connectivity index (χ1n) is 7.09. The first-order valence-corrected chi connectivity index (χ1v) is 7.09. The largest absolute Gasteiger partial charge is 0.466 e. The maximum Gasteiger partial charge on any atom is 0.315 e. The molecule has 0 unspecified atom stereocenters. The van der Waals surface area contributed by atoms with Crippen molar-refractivity contribution in [1.29, 1.82) is 0 Å². The minimum absolute atomic E-state index is 0.0682. The lowest BCUT2D eigenvalue weighted by Gasteiger charge is -2.39. The summed E-state index contributed by atoms with van der Waals surface area (Å²) in [5.41, 5.74) is 0.515. The van der Waals surface area contributed by atoms with Crippen LogP contribution < -0.4 is 0 Å². The van der Waals surface area contributed by atoms with Gasteiger partial charge >= 0.3 is 5.97 Å². The number of carbonyl (C=O) groups excluding carboxylic acids is 2. The van der Waals surface area contributed by atoms with Gasteiger partial charge in [0.2, 0.25) is 5.91 Å². The molecule has 1 saturated heterocycles. The highest BCUT2D eigenvalue weighted by atomic mass is 16.5.